The average molecular weight is 368 g/mol. The molecule has 1 amide bonds. The molecule has 3 rings (SSSR count). The van der Waals surface area contributed by atoms with Crippen LogP contribution in [0.2, 0.25) is 0 Å². The van der Waals surface area contributed by atoms with Crippen LogP contribution in [0.3, 0.4) is 0 Å². The molecular weight excluding hydrogens is 340 g/mol. The zero-order valence-electron chi connectivity index (χ0n) is 16.5. The molecule has 1 aliphatic heterocycles. The number of fused-ring (bicyclic) bond motifs is 1. The van der Waals surface area contributed by atoms with E-state index >= 15 is 0 Å². The van der Waals surface area contributed by atoms with Gasteiger partial charge in [0, 0.05) is 23.9 Å². The lowest BCUT2D eigenvalue weighted by Gasteiger charge is -2.49. The molecule has 2 aromatic rings. The van der Waals surface area contributed by atoms with Crippen molar-refractivity contribution in [3.05, 3.63) is 59.7 Å². The van der Waals surface area contributed by atoms with Gasteiger partial charge in [0.1, 0.15) is 18.0 Å². The number of nitrogens with one attached hydrogen (secondary N) is 1. The molecule has 1 atom stereocenters. The Balaban J connectivity index is 2.02. The van der Waals surface area contributed by atoms with Gasteiger partial charge < -0.3 is 19.7 Å². The fourth-order valence-corrected chi connectivity index (χ4v) is 3.73. The van der Waals surface area contributed by atoms with Crippen molar-refractivity contribution in [1.82, 2.24) is 4.90 Å². The van der Waals surface area contributed by atoms with E-state index in [-0.39, 0.29) is 11.9 Å². The van der Waals surface area contributed by atoms with Gasteiger partial charge in [-0.05, 0) is 45.9 Å². The Kier molecular flexibility index (Phi) is 5.71. The maximum atomic E-state index is 13.3. The lowest BCUT2D eigenvalue weighted by Crippen LogP contribution is -2.58. The van der Waals surface area contributed by atoms with Crippen LogP contribution in [0.1, 0.15) is 43.6 Å². The van der Waals surface area contributed by atoms with Crippen LogP contribution in [0.15, 0.2) is 48.5 Å². The third-order valence-corrected chi connectivity index (χ3v) is 4.85. The molecule has 1 unspecified atom stereocenters. The number of hydrogen-bond acceptors (Lipinski definition) is 4. The van der Waals surface area contributed by atoms with Crippen molar-refractivity contribution in [2.75, 3.05) is 25.1 Å². The zero-order valence-corrected chi connectivity index (χ0v) is 16.5. The summed E-state index contributed by atoms with van der Waals surface area (Å²) >= 11 is 0. The molecule has 0 saturated heterocycles. The predicted molar refractivity (Wildman–Crippen MR) is 107 cm³/mol. The van der Waals surface area contributed by atoms with Gasteiger partial charge in [-0.3, -0.25) is 4.79 Å². The van der Waals surface area contributed by atoms with Crippen LogP contribution in [-0.2, 0) is 10.4 Å². The monoisotopic (exact) mass is 368 g/mol. The van der Waals surface area contributed by atoms with E-state index in [2.05, 4.69) is 5.32 Å². The second-order valence-electron chi connectivity index (χ2n) is 7.05. The summed E-state index contributed by atoms with van der Waals surface area (Å²) < 4.78 is 11.4. The van der Waals surface area contributed by atoms with E-state index < -0.39 is 5.66 Å². The van der Waals surface area contributed by atoms with Crippen molar-refractivity contribution in [2.24, 2.45) is 0 Å². The molecular formula is C22H28N2O3. The van der Waals surface area contributed by atoms with Gasteiger partial charge in [-0.1, -0.05) is 30.3 Å². The molecule has 5 heteroatoms. The number of benzene rings is 2. The van der Waals surface area contributed by atoms with Gasteiger partial charge in [0.2, 0.25) is 0 Å². The number of nitrogens with zero attached hydrogens (tertiary/aromatic N) is 1. The Morgan fingerprint density at radius 1 is 1.07 bits per heavy atom. The fraction of sp³-hybridized carbons (Fsp3) is 0.409. The summed E-state index contributed by atoms with van der Waals surface area (Å²) in [5, 5.41) is 3.59. The van der Waals surface area contributed by atoms with Crippen LogP contribution in [0, 0.1) is 0 Å². The number of hydrogen-bond donors (Lipinski definition) is 1. The molecule has 1 N–H and O–H groups in total. The fourth-order valence-electron chi connectivity index (χ4n) is 3.73. The highest BCUT2D eigenvalue weighted by atomic mass is 16.5. The molecule has 27 heavy (non-hydrogen) atoms. The predicted octanol–water partition coefficient (Wildman–Crippen LogP) is 4.25. The van der Waals surface area contributed by atoms with Crippen LogP contribution < -0.4 is 10.1 Å². The number of carbonyl (C=O) groups is 1. The van der Waals surface area contributed by atoms with Crippen LogP contribution in [-0.4, -0.2) is 36.7 Å². The highest BCUT2D eigenvalue weighted by Gasteiger charge is 2.45. The van der Waals surface area contributed by atoms with Crippen molar-refractivity contribution in [2.45, 2.75) is 39.4 Å². The smallest absolute Gasteiger partial charge is 0.258 e. The highest BCUT2D eigenvalue weighted by molar-refractivity contribution is 6.02. The summed E-state index contributed by atoms with van der Waals surface area (Å²) in [6.45, 7) is 9.72. The minimum atomic E-state index is -0.720. The third kappa shape index (κ3) is 3.65. The Morgan fingerprint density at radius 3 is 2.52 bits per heavy atom. The van der Waals surface area contributed by atoms with Gasteiger partial charge in [0.25, 0.3) is 5.91 Å². The van der Waals surface area contributed by atoms with E-state index in [1.807, 2.05) is 81.1 Å². The van der Waals surface area contributed by atoms with E-state index in [4.69, 9.17) is 9.47 Å². The number of carbonyl (C=O) groups excluding carboxylic acids is 1. The lowest BCUT2D eigenvalue weighted by atomic mass is 9.91. The van der Waals surface area contributed by atoms with Gasteiger partial charge in [0.05, 0.1) is 12.2 Å². The van der Waals surface area contributed by atoms with Crippen molar-refractivity contribution >= 4 is 11.6 Å². The first-order valence-electron chi connectivity index (χ1n) is 9.50. The Morgan fingerprint density at radius 2 is 1.78 bits per heavy atom. The first-order valence-corrected chi connectivity index (χ1v) is 9.50. The van der Waals surface area contributed by atoms with Gasteiger partial charge >= 0.3 is 0 Å². The van der Waals surface area contributed by atoms with Gasteiger partial charge in [-0.15, -0.1) is 0 Å². The SMILES string of the molecule is CCOCCOc1ccccc1C1(C)Nc2ccccc2C(=O)N1C(C)C. The molecule has 0 radical (unpaired) electrons. The number of rotatable bonds is 7. The lowest BCUT2D eigenvalue weighted by molar-refractivity contribution is 0.0422. The van der Waals surface area contributed by atoms with Gasteiger partial charge in [-0.25, -0.2) is 0 Å². The molecule has 0 fully saturated rings. The second kappa shape index (κ2) is 8.01. The van der Waals surface area contributed by atoms with E-state index in [1.54, 1.807) is 0 Å². The average Bonchev–Trinajstić information content (AvgIpc) is 2.65. The summed E-state index contributed by atoms with van der Waals surface area (Å²) in [4.78, 5) is 15.2. The maximum Gasteiger partial charge on any atom is 0.258 e. The summed E-state index contributed by atoms with van der Waals surface area (Å²) in [5.74, 6) is 0.774. The van der Waals surface area contributed by atoms with Crippen LogP contribution in [0.25, 0.3) is 0 Å². The normalized spacial score (nSPS) is 19.0. The Bertz CT molecular complexity index is 806. The Hall–Kier alpha value is -2.53. The largest absolute Gasteiger partial charge is 0.491 e. The van der Waals surface area contributed by atoms with Crippen LogP contribution >= 0.6 is 0 Å². The first kappa shape index (κ1) is 19.2. The maximum absolute atomic E-state index is 13.3. The highest BCUT2D eigenvalue weighted by Crippen LogP contribution is 2.42. The molecule has 144 valence electrons. The van der Waals surface area contributed by atoms with E-state index in [1.165, 1.54) is 0 Å². The number of anilines is 1. The van der Waals surface area contributed by atoms with Gasteiger partial charge in [0.15, 0.2) is 0 Å². The summed E-state index contributed by atoms with van der Waals surface area (Å²) in [5.41, 5.74) is 1.74. The standard InChI is InChI=1S/C22H28N2O3/c1-5-26-14-15-27-20-13-9-7-11-18(20)22(4)23-19-12-8-6-10-17(19)21(25)24(22)16(2)3/h6-13,16,23H,5,14-15H2,1-4H3. The minimum Gasteiger partial charge on any atom is -0.491 e. The van der Waals surface area contributed by atoms with Crippen molar-refractivity contribution < 1.29 is 14.3 Å². The van der Waals surface area contributed by atoms with Gasteiger partial charge in [-0.2, -0.15) is 0 Å². The molecule has 5 nitrogen and oxygen atoms in total. The van der Waals surface area contributed by atoms with Crippen molar-refractivity contribution in [3.8, 4) is 5.75 Å². The number of para-hydroxylation sites is 2. The minimum absolute atomic E-state index is 0.0137. The molecule has 2 aromatic carbocycles. The summed E-state index contributed by atoms with van der Waals surface area (Å²) in [7, 11) is 0. The number of amides is 1. The van der Waals surface area contributed by atoms with Crippen molar-refractivity contribution in [1.29, 1.82) is 0 Å². The molecule has 1 aliphatic rings. The molecule has 0 spiro atoms. The van der Waals surface area contributed by atoms with E-state index in [9.17, 15) is 4.79 Å². The molecule has 0 aliphatic carbocycles. The third-order valence-electron chi connectivity index (χ3n) is 4.85. The van der Waals surface area contributed by atoms with Crippen molar-refractivity contribution in [3.63, 3.8) is 0 Å². The molecule has 0 aromatic heterocycles. The molecule has 0 bridgehead atoms. The topological polar surface area (TPSA) is 50.8 Å². The second-order valence-corrected chi connectivity index (χ2v) is 7.05. The van der Waals surface area contributed by atoms with E-state index in [0.717, 1.165) is 17.0 Å². The number of ether oxygens (including phenoxy) is 2. The summed E-state index contributed by atoms with van der Waals surface area (Å²) in [6, 6.07) is 15.5. The zero-order chi connectivity index (χ0) is 19.4. The van der Waals surface area contributed by atoms with E-state index in [0.29, 0.717) is 25.4 Å². The molecule has 1 heterocycles. The molecule has 0 saturated carbocycles. The quantitative estimate of drug-likeness (QED) is 0.742. The summed E-state index contributed by atoms with van der Waals surface area (Å²) in [6.07, 6.45) is 0. The first-order chi connectivity index (χ1) is 13.0. The Labute approximate surface area is 161 Å². The van der Waals surface area contributed by atoms with Crippen LogP contribution in [0.5, 0.6) is 5.75 Å². The van der Waals surface area contributed by atoms with Crippen LogP contribution in [0.4, 0.5) is 5.69 Å².